The molecule has 1 aromatic heterocycles. The second kappa shape index (κ2) is 8.42. The van der Waals surface area contributed by atoms with E-state index in [1.54, 1.807) is 23.5 Å². The fraction of sp³-hybridized carbons (Fsp3) is 0.368. The third-order valence-corrected chi connectivity index (χ3v) is 7.34. The zero-order valence-corrected chi connectivity index (χ0v) is 17.3. The lowest BCUT2D eigenvalue weighted by molar-refractivity contribution is -0.122. The number of carbonyl (C=O) groups is 2. The fourth-order valence-corrected chi connectivity index (χ4v) is 5.42. The zero-order valence-electron chi connectivity index (χ0n) is 15.7. The van der Waals surface area contributed by atoms with E-state index in [1.807, 2.05) is 31.4 Å². The molecular formula is C19H23N3O4S2. The van der Waals surface area contributed by atoms with Gasteiger partial charge in [0.15, 0.2) is 0 Å². The maximum atomic E-state index is 12.8. The van der Waals surface area contributed by atoms with E-state index in [-0.39, 0.29) is 53.9 Å². The van der Waals surface area contributed by atoms with Crippen molar-refractivity contribution in [2.75, 3.05) is 19.6 Å². The second-order valence-electron chi connectivity index (χ2n) is 6.93. The molecule has 3 rings (SSSR count). The molecule has 2 amide bonds. The summed E-state index contributed by atoms with van der Waals surface area (Å²) >= 11 is 1.57. The Kier molecular flexibility index (Phi) is 6.17. The number of sulfonamides is 1. The maximum Gasteiger partial charge on any atom is 0.251 e. The van der Waals surface area contributed by atoms with Crippen LogP contribution in [0.25, 0.3) is 0 Å². The summed E-state index contributed by atoms with van der Waals surface area (Å²) in [6.45, 7) is 4.31. The van der Waals surface area contributed by atoms with Gasteiger partial charge in [0.1, 0.15) is 0 Å². The highest BCUT2D eigenvalue weighted by Crippen LogP contribution is 2.26. The molecule has 2 heterocycles. The van der Waals surface area contributed by atoms with Gasteiger partial charge in [-0.25, -0.2) is 8.42 Å². The first-order chi connectivity index (χ1) is 13.3. The third kappa shape index (κ3) is 4.43. The number of amides is 2. The van der Waals surface area contributed by atoms with Crippen molar-refractivity contribution in [1.29, 1.82) is 0 Å². The summed E-state index contributed by atoms with van der Waals surface area (Å²) in [6, 6.07) is 9.69. The quantitative estimate of drug-likeness (QED) is 0.746. The minimum absolute atomic E-state index is 0.00655. The Morgan fingerprint density at radius 3 is 2.68 bits per heavy atom. The molecule has 28 heavy (non-hydrogen) atoms. The molecule has 0 radical (unpaired) electrons. The van der Waals surface area contributed by atoms with Crippen LogP contribution in [-0.2, 0) is 14.8 Å². The summed E-state index contributed by atoms with van der Waals surface area (Å²) in [5, 5.41) is 7.56. The van der Waals surface area contributed by atoms with Crippen LogP contribution in [0.4, 0.5) is 0 Å². The average molecular weight is 422 g/mol. The summed E-state index contributed by atoms with van der Waals surface area (Å²) in [5.41, 5.74) is 0.268. The monoisotopic (exact) mass is 421 g/mol. The van der Waals surface area contributed by atoms with Crippen LogP contribution in [-0.4, -0.2) is 44.2 Å². The number of rotatable bonds is 6. The van der Waals surface area contributed by atoms with Crippen LogP contribution >= 0.6 is 11.3 Å². The van der Waals surface area contributed by atoms with Crippen molar-refractivity contribution < 1.29 is 18.0 Å². The lowest BCUT2D eigenvalue weighted by atomic mass is 10.0. The molecule has 0 spiro atoms. The van der Waals surface area contributed by atoms with Gasteiger partial charge in [0.2, 0.25) is 15.9 Å². The van der Waals surface area contributed by atoms with Gasteiger partial charge in [-0.3, -0.25) is 9.59 Å². The number of hydrogen-bond donors (Lipinski definition) is 2. The van der Waals surface area contributed by atoms with E-state index in [2.05, 4.69) is 10.6 Å². The molecule has 2 N–H and O–H groups in total. The third-order valence-electron chi connectivity index (χ3n) is 4.54. The van der Waals surface area contributed by atoms with Gasteiger partial charge in [0.05, 0.1) is 17.5 Å². The van der Waals surface area contributed by atoms with Crippen molar-refractivity contribution in [2.45, 2.75) is 24.8 Å². The van der Waals surface area contributed by atoms with Gasteiger partial charge in [0.25, 0.3) is 5.91 Å². The molecule has 0 bridgehead atoms. The SMILES string of the molecule is CC(C)C(NC(=O)c1cccc(S(=O)(=O)N2CCNC(=O)C2)c1)c1cccs1. The highest BCUT2D eigenvalue weighted by atomic mass is 32.2. The van der Waals surface area contributed by atoms with Crippen molar-refractivity contribution in [2.24, 2.45) is 5.92 Å². The molecular weight excluding hydrogens is 398 g/mol. The largest absolute Gasteiger partial charge is 0.354 e. The minimum Gasteiger partial charge on any atom is -0.354 e. The number of thiophene rings is 1. The van der Waals surface area contributed by atoms with E-state index < -0.39 is 10.0 Å². The van der Waals surface area contributed by atoms with Gasteiger partial charge < -0.3 is 10.6 Å². The molecule has 2 aromatic rings. The standard InChI is InChI=1S/C19H23N3O4S2/c1-13(2)18(16-7-4-10-27-16)21-19(24)14-5-3-6-15(11-14)28(25,26)22-9-8-20-17(23)12-22/h3-7,10-11,13,18H,8-9,12H2,1-2H3,(H,20,23)(H,21,24). The molecule has 1 saturated heterocycles. The molecule has 1 aliphatic heterocycles. The molecule has 1 atom stereocenters. The van der Waals surface area contributed by atoms with Crippen LogP contribution in [0.3, 0.4) is 0 Å². The van der Waals surface area contributed by atoms with E-state index in [0.29, 0.717) is 0 Å². The molecule has 1 aliphatic rings. The first-order valence-corrected chi connectivity index (χ1v) is 11.3. The molecule has 150 valence electrons. The van der Waals surface area contributed by atoms with E-state index >= 15 is 0 Å². The van der Waals surface area contributed by atoms with Crippen molar-refractivity contribution in [3.63, 3.8) is 0 Å². The first kappa shape index (κ1) is 20.5. The summed E-state index contributed by atoms with van der Waals surface area (Å²) in [5.74, 6) is -0.485. The second-order valence-corrected chi connectivity index (χ2v) is 9.84. The van der Waals surface area contributed by atoms with Crippen LogP contribution < -0.4 is 10.6 Å². The average Bonchev–Trinajstić information content (AvgIpc) is 3.20. The predicted octanol–water partition coefficient (Wildman–Crippen LogP) is 2.00. The maximum absolute atomic E-state index is 12.8. The summed E-state index contributed by atoms with van der Waals surface area (Å²) < 4.78 is 26.8. The van der Waals surface area contributed by atoms with Gasteiger partial charge in [-0.2, -0.15) is 4.31 Å². The van der Waals surface area contributed by atoms with Crippen LogP contribution in [0.5, 0.6) is 0 Å². The van der Waals surface area contributed by atoms with E-state index in [9.17, 15) is 18.0 Å². The predicted molar refractivity (Wildman–Crippen MR) is 108 cm³/mol. The van der Waals surface area contributed by atoms with Crippen molar-refractivity contribution in [3.8, 4) is 0 Å². The Bertz CT molecular complexity index is 955. The number of hydrogen-bond acceptors (Lipinski definition) is 5. The molecule has 0 aliphatic carbocycles. The molecule has 1 unspecified atom stereocenters. The normalized spacial score (nSPS) is 16.6. The summed E-state index contributed by atoms with van der Waals surface area (Å²) in [6.07, 6.45) is 0. The van der Waals surface area contributed by atoms with E-state index in [1.165, 1.54) is 12.1 Å². The fourth-order valence-electron chi connectivity index (χ4n) is 3.03. The number of carbonyl (C=O) groups excluding carboxylic acids is 2. The molecule has 7 nitrogen and oxygen atoms in total. The van der Waals surface area contributed by atoms with Crippen LogP contribution in [0.1, 0.15) is 35.1 Å². The summed E-state index contributed by atoms with van der Waals surface area (Å²) in [4.78, 5) is 25.4. The Labute approximate surface area is 168 Å². The van der Waals surface area contributed by atoms with Gasteiger partial charge in [-0.15, -0.1) is 11.3 Å². The van der Waals surface area contributed by atoms with E-state index in [0.717, 1.165) is 9.18 Å². The number of benzene rings is 1. The van der Waals surface area contributed by atoms with Crippen molar-refractivity contribution >= 4 is 33.2 Å². The Morgan fingerprint density at radius 2 is 2.04 bits per heavy atom. The lowest BCUT2D eigenvalue weighted by Gasteiger charge is -2.26. The first-order valence-electron chi connectivity index (χ1n) is 9.00. The van der Waals surface area contributed by atoms with Gasteiger partial charge in [-0.05, 0) is 35.6 Å². The highest BCUT2D eigenvalue weighted by Gasteiger charge is 2.30. The Balaban J connectivity index is 1.82. The molecule has 0 saturated carbocycles. The smallest absolute Gasteiger partial charge is 0.251 e. The van der Waals surface area contributed by atoms with E-state index in [4.69, 9.17) is 0 Å². The molecule has 9 heteroatoms. The van der Waals surface area contributed by atoms with Crippen molar-refractivity contribution in [3.05, 3.63) is 52.2 Å². The Morgan fingerprint density at radius 1 is 1.25 bits per heavy atom. The van der Waals surface area contributed by atoms with Gasteiger partial charge >= 0.3 is 0 Å². The zero-order chi connectivity index (χ0) is 20.3. The molecule has 1 fully saturated rings. The molecule has 1 aromatic carbocycles. The van der Waals surface area contributed by atoms with Crippen LogP contribution in [0.15, 0.2) is 46.7 Å². The lowest BCUT2D eigenvalue weighted by Crippen LogP contribution is -2.49. The summed E-state index contributed by atoms with van der Waals surface area (Å²) in [7, 11) is -3.84. The minimum atomic E-state index is -3.84. The number of nitrogens with zero attached hydrogens (tertiary/aromatic N) is 1. The van der Waals surface area contributed by atoms with Crippen LogP contribution in [0.2, 0.25) is 0 Å². The number of piperazine rings is 1. The topological polar surface area (TPSA) is 95.6 Å². The number of nitrogens with one attached hydrogen (secondary N) is 2. The van der Waals surface area contributed by atoms with Gasteiger partial charge in [-0.1, -0.05) is 26.0 Å². The van der Waals surface area contributed by atoms with Crippen molar-refractivity contribution in [1.82, 2.24) is 14.9 Å². The Hall–Kier alpha value is -2.23. The van der Waals surface area contributed by atoms with Crippen LogP contribution in [0, 0.1) is 5.92 Å². The highest BCUT2D eigenvalue weighted by molar-refractivity contribution is 7.89. The van der Waals surface area contributed by atoms with Gasteiger partial charge in [0, 0.05) is 23.5 Å².